The fourth-order valence-corrected chi connectivity index (χ4v) is 1.92. The van der Waals surface area contributed by atoms with Crippen molar-refractivity contribution >= 4 is 17.3 Å². The maximum Gasteiger partial charge on any atom is 0.416 e. The first-order valence-electron chi connectivity index (χ1n) is 6.21. The summed E-state index contributed by atoms with van der Waals surface area (Å²) in [6.07, 6.45) is -5.12. The Labute approximate surface area is 125 Å². The van der Waals surface area contributed by atoms with Crippen LogP contribution in [-0.4, -0.2) is 11.7 Å². The summed E-state index contributed by atoms with van der Waals surface area (Å²) in [5.41, 5.74) is 0.487. The highest BCUT2D eigenvalue weighted by Gasteiger charge is 2.29. The molecule has 2 aromatic carbocycles. The highest BCUT2D eigenvalue weighted by molar-refractivity contribution is 6.30. The summed E-state index contributed by atoms with van der Waals surface area (Å²) in [7, 11) is 0. The number of nitrogens with one attached hydrogen (secondary N) is 1. The number of aliphatic hydroxyl groups is 1. The second-order valence-corrected chi connectivity index (χ2v) is 4.96. The van der Waals surface area contributed by atoms with Gasteiger partial charge in [0.2, 0.25) is 0 Å². The van der Waals surface area contributed by atoms with Gasteiger partial charge in [-0.3, -0.25) is 0 Å². The molecular weight excluding hydrogens is 303 g/mol. The first kappa shape index (κ1) is 15.7. The summed E-state index contributed by atoms with van der Waals surface area (Å²) in [5.74, 6) is 0. The van der Waals surface area contributed by atoms with Gasteiger partial charge in [-0.15, -0.1) is 0 Å². The third-order valence-electron chi connectivity index (χ3n) is 2.97. The Morgan fingerprint density at radius 1 is 1.00 bits per heavy atom. The van der Waals surface area contributed by atoms with Gasteiger partial charge in [-0.2, -0.15) is 13.2 Å². The van der Waals surface area contributed by atoms with Crippen molar-refractivity contribution in [2.24, 2.45) is 0 Å². The highest BCUT2D eigenvalue weighted by atomic mass is 35.5. The van der Waals surface area contributed by atoms with Crippen LogP contribution >= 0.6 is 11.6 Å². The molecule has 0 bridgehead atoms. The third kappa shape index (κ3) is 4.37. The van der Waals surface area contributed by atoms with Gasteiger partial charge >= 0.3 is 6.18 Å². The predicted octanol–water partition coefficient (Wildman–Crippen LogP) is 4.50. The van der Waals surface area contributed by atoms with Crippen LogP contribution in [-0.2, 0) is 6.18 Å². The SMILES string of the molecule is OC(CNc1ccc(C(F)(F)F)cc1)c1ccc(Cl)cc1. The molecule has 0 spiro atoms. The number of anilines is 1. The number of hydrogen-bond acceptors (Lipinski definition) is 2. The van der Waals surface area contributed by atoms with E-state index in [0.717, 1.165) is 12.1 Å². The van der Waals surface area contributed by atoms with E-state index in [-0.39, 0.29) is 6.54 Å². The molecule has 0 saturated carbocycles. The van der Waals surface area contributed by atoms with Gasteiger partial charge in [-0.25, -0.2) is 0 Å². The summed E-state index contributed by atoms with van der Waals surface area (Å²) in [4.78, 5) is 0. The first-order valence-corrected chi connectivity index (χ1v) is 6.59. The fourth-order valence-electron chi connectivity index (χ4n) is 1.79. The molecule has 0 aromatic heterocycles. The van der Waals surface area contributed by atoms with Crippen LogP contribution in [0.25, 0.3) is 0 Å². The minimum absolute atomic E-state index is 0.187. The van der Waals surface area contributed by atoms with Crippen molar-refractivity contribution in [3.05, 3.63) is 64.7 Å². The van der Waals surface area contributed by atoms with Crippen LogP contribution in [0.2, 0.25) is 5.02 Å². The maximum atomic E-state index is 12.4. The zero-order chi connectivity index (χ0) is 15.5. The lowest BCUT2D eigenvalue weighted by Crippen LogP contribution is -2.12. The van der Waals surface area contributed by atoms with Crippen LogP contribution in [0, 0.1) is 0 Å². The Kier molecular flexibility index (Phi) is 4.75. The summed E-state index contributed by atoms with van der Waals surface area (Å²) < 4.78 is 37.2. The molecule has 21 heavy (non-hydrogen) atoms. The zero-order valence-corrected chi connectivity index (χ0v) is 11.6. The third-order valence-corrected chi connectivity index (χ3v) is 3.22. The molecule has 1 unspecified atom stereocenters. The average molecular weight is 316 g/mol. The molecule has 2 aromatic rings. The molecule has 0 aliphatic heterocycles. The number of alkyl halides is 3. The Bertz CT molecular complexity index is 581. The summed E-state index contributed by atoms with van der Waals surface area (Å²) in [5, 5.41) is 13.4. The molecule has 0 saturated heterocycles. The van der Waals surface area contributed by atoms with Gasteiger partial charge in [-0.05, 0) is 42.0 Å². The van der Waals surface area contributed by atoms with Crippen LogP contribution < -0.4 is 5.32 Å². The van der Waals surface area contributed by atoms with Gasteiger partial charge < -0.3 is 10.4 Å². The van der Waals surface area contributed by atoms with Crippen LogP contribution in [0.3, 0.4) is 0 Å². The van der Waals surface area contributed by atoms with Gasteiger partial charge in [0, 0.05) is 17.3 Å². The minimum atomic E-state index is -4.35. The Morgan fingerprint density at radius 3 is 2.10 bits per heavy atom. The van der Waals surface area contributed by atoms with Gasteiger partial charge in [0.05, 0.1) is 11.7 Å². The smallest absolute Gasteiger partial charge is 0.387 e. The second kappa shape index (κ2) is 6.37. The van der Waals surface area contributed by atoms with E-state index in [1.165, 1.54) is 12.1 Å². The Balaban J connectivity index is 1.95. The normalized spacial score (nSPS) is 13.0. The van der Waals surface area contributed by atoms with Gasteiger partial charge in [0.15, 0.2) is 0 Å². The van der Waals surface area contributed by atoms with E-state index < -0.39 is 17.8 Å². The molecule has 2 rings (SSSR count). The topological polar surface area (TPSA) is 32.3 Å². The van der Waals surface area contributed by atoms with E-state index in [1.54, 1.807) is 24.3 Å². The van der Waals surface area contributed by atoms with E-state index in [1.807, 2.05) is 0 Å². The highest BCUT2D eigenvalue weighted by Crippen LogP contribution is 2.29. The fraction of sp³-hybridized carbons (Fsp3) is 0.200. The lowest BCUT2D eigenvalue weighted by Gasteiger charge is -2.14. The lowest BCUT2D eigenvalue weighted by atomic mass is 10.1. The summed E-state index contributed by atoms with van der Waals surface area (Å²) >= 11 is 5.75. The van der Waals surface area contributed by atoms with Crippen LogP contribution in [0.5, 0.6) is 0 Å². The molecule has 112 valence electrons. The molecule has 0 radical (unpaired) electrons. The molecule has 0 heterocycles. The van der Waals surface area contributed by atoms with Crippen molar-refractivity contribution in [1.29, 1.82) is 0 Å². The molecule has 0 fully saturated rings. The standard InChI is InChI=1S/C15H13ClF3NO/c16-12-5-1-10(2-6-12)14(21)9-20-13-7-3-11(4-8-13)15(17,18)19/h1-8,14,20-21H,9H2. The number of hydrogen-bond donors (Lipinski definition) is 2. The molecular formula is C15H13ClF3NO. The van der Waals surface area contributed by atoms with E-state index in [9.17, 15) is 18.3 Å². The maximum absolute atomic E-state index is 12.4. The molecule has 1 atom stereocenters. The van der Waals surface area contributed by atoms with E-state index >= 15 is 0 Å². The van der Waals surface area contributed by atoms with E-state index in [4.69, 9.17) is 11.6 Å². The Hall–Kier alpha value is -1.72. The van der Waals surface area contributed by atoms with Crippen LogP contribution in [0.4, 0.5) is 18.9 Å². The second-order valence-electron chi connectivity index (χ2n) is 4.52. The van der Waals surface area contributed by atoms with Crippen molar-refractivity contribution in [2.75, 3.05) is 11.9 Å². The molecule has 2 nitrogen and oxygen atoms in total. The van der Waals surface area contributed by atoms with Crippen LogP contribution in [0.1, 0.15) is 17.2 Å². The lowest BCUT2D eigenvalue weighted by molar-refractivity contribution is -0.137. The summed E-state index contributed by atoms with van der Waals surface area (Å²) in [6, 6.07) is 11.4. The van der Waals surface area contributed by atoms with Crippen molar-refractivity contribution in [2.45, 2.75) is 12.3 Å². The van der Waals surface area contributed by atoms with Crippen molar-refractivity contribution < 1.29 is 18.3 Å². The molecule has 0 aliphatic rings. The van der Waals surface area contributed by atoms with Crippen molar-refractivity contribution in [1.82, 2.24) is 0 Å². The molecule has 0 amide bonds. The number of benzene rings is 2. The number of halogens is 4. The van der Waals surface area contributed by atoms with Gasteiger partial charge in [0.25, 0.3) is 0 Å². The van der Waals surface area contributed by atoms with Crippen molar-refractivity contribution in [3.63, 3.8) is 0 Å². The zero-order valence-electron chi connectivity index (χ0n) is 10.9. The summed E-state index contributed by atoms with van der Waals surface area (Å²) in [6.45, 7) is 0.187. The molecule has 2 N–H and O–H groups in total. The van der Waals surface area contributed by atoms with Crippen molar-refractivity contribution in [3.8, 4) is 0 Å². The predicted molar refractivity (Wildman–Crippen MR) is 76.3 cm³/mol. The number of rotatable bonds is 4. The monoisotopic (exact) mass is 315 g/mol. The van der Waals surface area contributed by atoms with Gasteiger partial charge in [0.1, 0.15) is 0 Å². The van der Waals surface area contributed by atoms with E-state index in [2.05, 4.69) is 5.32 Å². The quantitative estimate of drug-likeness (QED) is 0.870. The average Bonchev–Trinajstić information content (AvgIpc) is 2.45. The number of aliphatic hydroxyl groups excluding tert-OH is 1. The first-order chi connectivity index (χ1) is 9.86. The minimum Gasteiger partial charge on any atom is -0.387 e. The molecule has 0 aliphatic carbocycles. The van der Waals surface area contributed by atoms with Crippen LogP contribution in [0.15, 0.2) is 48.5 Å². The van der Waals surface area contributed by atoms with Gasteiger partial charge in [-0.1, -0.05) is 23.7 Å². The van der Waals surface area contributed by atoms with E-state index in [0.29, 0.717) is 16.3 Å². The largest absolute Gasteiger partial charge is 0.416 e. The Morgan fingerprint density at radius 2 is 1.57 bits per heavy atom. The molecule has 6 heteroatoms.